The minimum absolute atomic E-state index is 0.180. The van der Waals surface area contributed by atoms with Crippen molar-refractivity contribution in [2.24, 2.45) is 0 Å². The molecular weight excluding hydrogens is 382 g/mol. The van der Waals surface area contributed by atoms with Crippen LogP contribution >= 0.6 is 11.8 Å². The number of esters is 4. The normalized spacial score (nSPS) is 27.1. The third-order valence-electron chi connectivity index (χ3n) is 3.35. The van der Waals surface area contributed by atoms with Gasteiger partial charge in [-0.1, -0.05) is 0 Å². The molecule has 0 aromatic rings. The maximum Gasteiger partial charge on any atom is 0.303 e. The number of amides is 1. The number of carbonyl (C=O) groups is 5. The fourth-order valence-corrected chi connectivity index (χ4v) is 3.99. The van der Waals surface area contributed by atoms with Crippen LogP contribution in [0.25, 0.3) is 0 Å². The lowest BCUT2D eigenvalue weighted by Crippen LogP contribution is -2.63. The van der Waals surface area contributed by atoms with Crippen LogP contribution in [0.15, 0.2) is 0 Å². The van der Waals surface area contributed by atoms with Crippen LogP contribution in [0.4, 0.5) is 0 Å². The average Bonchev–Trinajstić information content (AvgIpc) is 2.49. The van der Waals surface area contributed by atoms with Gasteiger partial charge in [0.25, 0.3) is 0 Å². The molecule has 1 amide bonds. The van der Waals surface area contributed by atoms with Crippen LogP contribution < -0.4 is 5.32 Å². The van der Waals surface area contributed by atoms with Crippen molar-refractivity contribution >= 4 is 41.5 Å². The van der Waals surface area contributed by atoms with E-state index in [9.17, 15) is 24.0 Å². The highest BCUT2D eigenvalue weighted by Crippen LogP contribution is 2.37. The predicted octanol–water partition coefficient (Wildman–Crippen LogP) is -0.0778. The molecule has 1 heterocycles. The van der Waals surface area contributed by atoms with Crippen molar-refractivity contribution in [2.45, 2.75) is 63.6 Å². The number of carbonyl (C=O) groups excluding carboxylic acids is 5. The topological polar surface area (TPSA) is 134 Å². The Morgan fingerprint density at radius 1 is 0.778 bits per heavy atom. The van der Waals surface area contributed by atoms with E-state index in [1.807, 2.05) is 0 Å². The predicted molar refractivity (Wildman–Crippen MR) is 92.3 cm³/mol. The molecule has 1 fully saturated rings. The van der Waals surface area contributed by atoms with Crippen LogP contribution in [-0.2, 0) is 42.9 Å². The quantitative estimate of drug-likeness (QED) is 0.472. The van der Waals surface area contributed by atoms with Gasteiger partial charge in [-0.3, -0.25) is 24.0 Å². The van der Waals surface area contributed by atoms with E-state index < -0.39 is 58.7 Å². The molecule has 1 aliphatic heterocycles. The number of rotatable bonds is 6. The molecular formula is C16H23NO9S. The van der Waals surface area contributed by atoms with Crippen molar-refractivity contribution in [1.82, 2.24) is 5.32 Å². The Morgan fingerprint density at radius 2 is 1.30 bits per heavy atom. The van der Waals surface area contributed by atoms with E-state index in [1.165, 1.54) is 27.7 Å². The molecule has 10 nitrogen and oxygen atoms in total. The summed E-state index contributed by atoms with van der Waals surface area (Å²) in [4.78, 5) is 57.4. The van der Waals surface area contributed by atoms with E-state index in [2.05, 4.69) is 5.32 Å². The summed E-state index contributed by atoms with van der Waals surface area (Å²) in [5.41, 5.74) is -0.955. The van der Waals surface area contributed by atoms with Gasteiger partial charge >= 0.3 is 23.9 Å². The van der Waals surface area contributed by atoms with Gasteiger partial charge in [0.15, 0.2) is 17.6 Å². The number of ether oxygens (including phenoxy) is 4. The largest absolute Gasteiger partial charge is 0.465 e. The smallest absolute Gasteiger partial charge is 0.303 e. The van der Waals surface area contributed by atoms with Crippen molar-refractivity contribution in [3.05, 3.63) is 0 Å². The van der Waals surface area contributed by atoms with Gasteiger partial charge < -0.3 is 24.3 Å². The lowest BCUT2D eigenvalue weighted by molar-refractivity contribution is -0.175. The molecule has 11 heteroatoms. The van der Waals surface area contributed by atoms with Crippen molar-refractivity contribution < 1.29 is 42.9 Å². The van der Waals surface area contributed by atoms with Crippen LogP contribution in [0.1, 0.15) is 34.6 Å². The molecule has 0 bridgehead atoms. The maximum atomic E-state index is 11.6. The Kier molecular flexibility index (Phi) is 8.54. The van der Waals surface area contributed by atoms with E-state index in [1.54, 1.807) is 0 Å². The van der Waals surface area contributed by atoms with Crippen molar-refractivity contribution in [3.8, 4) is 0 Å². The number of nitrogens with one attached hydrogen (secondary N) is 1. The summed E-state index contributed by atoms with van der Waals surface area (Å²) in [6.45, 7) is 5.78. The fourth-order valence-electron chi connectivity index (χ4n) is 2.55. The number of hydrogen-bond acceptors (Lipinski definition) is 10. The highest BCUT2D eigenvalue weighted by atomic mass is 32.2. The van der Waals surface area contributed by atoms with Gasteiger partial charge in [-0.05, 0) is 0 Å². The molecule has 1 aliphatic rings. The molecule has 1 N–H and O–H groups in total. The van der Waals surface area contributed by atoms with Gasteiger partial charge in [-0.25, -0.2) is 0 Å². The van der Waals surface area contributed by atoms with Crippen LogP contribution in [0.2, 0.25) is 0 Å². The number of thioether (sulfide) groups is 1. The monoisotopic (exact) mass is 405 g/mol. The Hall–Kier alpha value is -2.30. The zero-order valence-electron chi connectivity index (χ0n) is 15.7. The third kappa shape index (κ3) is 7.45. The molecule has 0 aliphatic carbocycles. The summed E-state index contributed by atoms with van der Waals surface area (Å²) >= 11 is 1.03. The lowest BCUT2D eigenvalue weighted by atomic mass is 10.0. The third-order valence-corrected chi connectivity index (χ3v) is 4.76. The Bertz CT molecular complexity index is 609. The summed E-state index contributed by atoms with van der Waals surface area (Å²) in [7, 11) is 0. The minimum Gasteiger partial charge on any atom is -0.465 e. The fraction of sp³-hybridized carbons (Fsp3) is 0.688. The van der Waals surface area contributed by atoms with E-state index >= 15 is 0 Å². The molecule has 0 unspecified atom stereocenters. The van der Waals surface area contributed by atoms with E-state index in [4.69, 9.17) is 18.9 Å². The summed E-state index contributed by atoms with van der Waals surface area (Å²) in [5, 5.41) is 1.87. The van der Waals surface area contributed by atoms with Gasteiger partial charge in [0.1, 0.15) is 12.6 Å². The lowest BCUT2D eigenvalue weighted by Gasteiger charge is -2.44. The SMILES string of the molecule is CC(=O)N[C@H]1[C@@H](OC(C)=O)[C@H](OC(C)=O)[C@H](COC(C)=O)S[C@@H]1OC(C)=O. The number of hydrogen-bond donors (Lipinski definition) is 1. The molecule has 0 spiro atoms. The summed E-state index contributed by atoms with van der Waals surface area (Å²) in [5.74, 6) is -2.99. The second-order valence-electron chi connectivity index (χ2n) is 5.83. The van der Waals surface area contributed by atoms with Crippen LogP contribution in [0.5, 0.6) is 0 Å². The van der Waals surface area contributed by atoms with Crippen molar-refractivity contribution in [2.75, 3.05) is 6.61 Å². The zero-order valence-corrected chi connectivity index (χ0v) is 16.5. The van der Waals surface area contributed by atoms with Gasteiger partial charge in [-0.15, -0.1) is 11.8 Å². The molecule has 0 aromatic heterocycles. The van der Waals surface area contributed by atoms with Gasteiger partial charge in [-0.2, -0.15) is 0 Å². The Morgan fingerprint density at radius 3 is 1.74 bits per heavy atom. The first-order chi connectivity index (χ1) is 12.5. The first-order valence-electron chi connectivity index (χ1n) is 8.08. The molecule has 0 aromatic carbocycles. The van der Waals surface area contributed by atoms with Crippen LogP contribution in [0.3, 0.4) is 0 Å². The van der Waals surface area contributed by atoms with Crippen molar-refractivity contribution in [3.63, 3.8) is 0 Å². The summed E-state index contributed by atoms with van der Waals surface area (Å²) < 4.78 is 20.8. The van der Waals surface area contributed by atoms with Gasteiger partial charge in [0.05, 0.1) is 5.25 Å². The first-order valence-corrected chi connectivity index (χ1v) is 9.03. The van der Waals surface area contributed by atoms with E-state index in [-0.39, 0.29) is 6.61 Å². The van der Waals surface area contributed by atoms with Crippen LogP contribution in [0, 0.1) is 0 Å². The molecule has 5 atom stereocenters. The molecule has 1 rings (SSSR count). The Balaban J connectivity index is 3.29. The summed E-state index contributed by atoms with van der Waals surface area (Å²) in [6.07, 6.45) is -2.19. The molecule has 0 saturated carbocycles. The highest BCUT2D eigenvalue weighted by Gasteiger charge is 2.51. The maximum absolute atomic E-state index is 11.6. The second kappa shape index (κ2) is 10.1. The molecule has 1 saturated heterocycles. The first kappa shape index (κ1) is 22.7. The van der Waals surface area contributed by atoms with Gasteiger partial charge in [0, 0.05) is 34.6 Å². The minimum atomic E-state index is -1.15. The summed E-state index contributed by atoms with van der Waals surface area (Å²) in [6, 6.07) is -0.974. The second-order valence-corrected chi connectivity index (χ2v) is 7.17. The molecule has 27 heavy (non-hydrogen) atoms. The Labute approximate surface area is 160 Å². The van der Waals surface area contributed by atoms with Crippen molar-refractivity contribution in [1.29, 1.82) is 0 Å². The van der Waals surface area contributed by atoms with E-state index in [0.29, 0.717) is 0 Å². The molecule has 152 valence electrons. The standard InChI is InChI=1S/C16H23NO9S/c1-7(18)17-13-15(25-10(4)21)14(24-9(3)20)12(6-23-8(2)19)27-16(13)26-11(5)22/h12-16H,6H2,1-5H3,(H,17,18)/t12-,13-,14+,15+,16-/m0/s1. The van der Waals surface area contributed by atoms with Gasteiger partial charge in [0.2, 0.25) is 5.91 Å². The molecule has 0 radical (unpaired) electrons. The average molecular weight is 405 g/mol. The zero-order chi connectivity index (χ0) is 20.7. The van der Waals surface area contributed by atoms with E-state index in [0.717, 1.165) is 18.7 Å². The highest BCUT2D eigenvalue weighted by molar-refractivity contribution is 8.00. The van der Waals surface area contributed by atoms with Crippen LogP contribution in [-0.4, -0.2) is 65.3 Å².